The third kappa shape index (κ3) is 4.64. The molecule has 1 unspecified atom stereocenters. The Labute approximate surface area is 109 Å². The lowest BCUT2D eigenvalue weighted by molar-refractivity contribution is -0.130. The fourth-order valence-corrected chi connectivity index (χ4v) is 2.23. The molecule has 1 aliphatic heterocycles. The monoisotopic (exact) mass is 255 g/mol. The maximum atomic E-state index is 12.1. The van der Waals surface area contributed by atoms with Gasteiger partial charge >= 0.3 is 0 Å². The highest BCUT2D eigenvalue weighted by molar-refractivity contribution is 5.89. The van der Waals surface area contributed by atoms with Crippen LogP contribution >= 0.6 is 0 Å². The standard InChI is InChI=1S/C13H25N3O2/c1-9(2)8-11(12(17)14-3)16-13(18)10-6-4-5-7-15-10/h9-11,15H,4-8H2,1-3H3,(H,14,17)(H,16,18)/t10-,11?/m0/s1. The van der Waals surface area contributed by atoms with Gasteiger partial charge in [-0.15, -0.1) is 0 Å². The smallest absolute Gasteiger partial charge is 0.242 e. The maximum absolute atomic E-state index is 12.1. The number of likely N-dealkylation sites (N-methyl/N-ethyl adjacent to an activating group) is 1. The van der Waals surface area contributed by atoms with E-state index in [9.17, 15) is 9.59 Å². The van der Waals surface area contributed by atoms with Crippen LogP contribution in [0.4, 0.5) is 0 Å². The Morgan fingerprint density at radius 2 is 2.06 bits per heavy atom. The average molecular weight is 255 g/mol. The zero-order valence-electron chi connectivity index (χ0n) is 11.6. The van der Waals surface area contributed by atoms with Crippen molar-refractivity contribution in [2.75, 3.05) is 13.6 Å². The number of nitrogens with one attached hydrogen (secondary N) is 3. The van der Waals surface area contributed by atoms with Crippen molar-refractivity contribution in [2.45, 2.75) is 51.6 Å². The van der Waals surface area contributed by atoms with E-state index in [4.69, 9.17) is 0 Å². The van der Waals surface area contributed by atoms with Gasteiger partial charge < -0.3 is 16.0 Å². The summed E-state index contributed by atoms with van der Waals surface area (Å²) in [6, 6.07) is -0.565. The van der Waals surface area contributed by atoms with Gasteiger partial charge in [0.25, 0.3) is 0 Å². The Balaban J connectivity index is 2.52. The van der Waals surface area contributed by atoms with Crippen molar-refractivity contribution in [1.82, 2.24) is 16.0 Å². The fraction of sp³-hybridized carbons (Fsp3) is 0.846. The van der Waals surface area contributed by atoms with Crippen LogP contribution in [0.2, 0.25) is 0 Å². The van der Waals surface area contributed by atoms with Crippen LogP contribution in [0.5, 0.6) is 0 Å². The summed E-state index contributed by atoms with van der Waals surface area (Å²) in [5.41, 5.74) is 0. The first-order valence-corrected chi connectivity index (χ1v) is 6.80. The van der Waals surface area contributed by atoms with Gasteiger partial charge in [-0.2, -0.15) is 0 Å². The molecule has 1 fully saturated rings. The summed E-state index contributed by atoms with van der Waals surface area (Å²) in [4.78, 5) is 23.8. The summed E-state index contributed by atoms with van der Waals surface area (Å²) in [5, 5.41) is 8.65. The summed E-state index contributed by atoms with van der Waals surface area (Å²) in [7, 11) is 1.60. The molecule has 5 heteroatoms. The first kappa shape index (κ1) is 15.0. The van der Waals surface area contributed by atoms with Gasteiger partial charge in [-0.1, -0.05) is 20.3 Å². The van der Waals surface area contributed by atoms with Crippen LogP contribution in [0.1, 0.15) is 39.5 Å². The van der Waals surface area contributed by atoms with Gasteiger partial charge in [0, 0.05) is 7.05 Å². The molecular formula is C13H25N3O2. The minimum Gasteiger partial charge on any atom is -0.357 e. The number of amides is 2. The summed E-state index contributed by atoms with van der Waals surface area (Å²) in [6.45, 7) is 4.97. The first-order valence-electron chi connectivity index (χ1n) is 6.80. The summed E-state index contributed by atoms with van der Waals surface area (Å²) in [5.74, 6) is 0.198. The molecule has 1 aliphatic rings. The quantitative estimate of drug-likeness (QED) is 0.666. The molecule has 1 saturated heterocycles. The van der Waals surface area contributed by atoms with Gasteiger partial charge in [-0.05, 0) is 31.7 Å². The zero-order chi connectivity index (χ0) is 13.5. The molecule has 0 spiro atoms. The number of rotatable bonds is 5. The summed E-state index contributed by atoms with van der Waals surface area (Å²) in [6.07, 6.45) is 3.71. The Morgan fingerprint density at radius 1 is 1.33 bits per heavy atom. The molecule has 0 aromatic carbocycles. The Bertz CT molecular complexity index is 286. The van der Waals surface area contributed by atoms with Crippen LogP contribution in [0.15, 0.2) is 0 Å². The van der Waals surface area contributed by atoms with Crippen LogP contribution in [-0.2, 0) is 9.59 Å². The molecule has 1 rings (SSSR count). The van der Waals surface area contributed by atoms with E-state index in [1.807, 2.05) is 13.8 Å². The second-order valence-electron chi connectivity index (χ2n) is 5.31. The molecule has 3 N–H and O–H groups in total. The molecule has 2 amide bonds. The fourth-order valence-electron chi connectivity index (χ4n) is 2.23. The minimum absolute atomic E-state index is 0.0519. The van der Waals surface area contributed by atoms with Crippen LogP contribution in [0.3, 0.4) is 0 Å². The lowest BCUT2D eigenvalue weighted by Crippen LogP contribution is -2.53. The number of carbonyl (C=O) groups is 2. The molecule has 1 heterocycles. The number of carbonyl (C=O) groups excluding carboxylic acids is 2. The zero-order valence-corrected chi connectivity index (χ0v) is 11.6. The molecule has 5 nitrogen and oxygen atoms in total. The molecule has 0 bridgehead atoms. The van der Waals surface area contributed by atoms with E-state index >= 15 is 0 Å². The third-order valence-electron chi connectivity index (χ3n) is 3.21. The van der Waals surface area contributed by atoms with Crippen LogP contribution in [0, 0.1) is 5.92 Å². The number of hydrogen-bond acceptors (Lipinski definition) is 3. The van der Waals surface area contributed by atoms with Gasteiger partial charge in [-0.25, -0.2) is 0 Å². The molecular weight excluding hydrogens is 230 g/mol. The van der Waals surface area contributed by atoms with E-state index in [0.29, 0.717) is 12.3 Å². The summed E-state index contributed by atoms with van der Waals surface area (Å²) >= 11 is 0. The van der Waals surface area contributed by atoms with Crippen molar-refractivity contribution < 1.29 is 9.59 Å². The largest absolute Gasteiger partial charge is 0.357 e. The molecule has 0 aliphatic carbocycles. The van der Waals surface area contributed by atoms with Crippen LogP contribution < -0.4 is 16.0 Å². The van der Waals surface area contributed by atoms with E-state index in [2.05, 4.69) is 16.0 Å². The second kappa shape index (κ2) is 7.36. The Morgan fingerprint density at radius 3 is 2.56 bits per heavy atom. The van der Waals surface area contributed by atoms with Gasteiger partial charge in [0.2, 0.25) is 11.8 Å². The van der Waals surface area contributed by atoms with Crippen LogP contribution in [-0.4, -0.2) is 37.5 Å². The highest BCUT2D eigenvalue weighted by Gasteiger charge is 2.26. The lowest BCUT2D eigenvalue weighted by atomic mass is 10.0. The number of piperidine rings is 1. The predicted molar refractivity (Wildman–Crippen MR) is 71.1 cm³/mol. The molecule has 0 aromatic rings. The van der Waals surface area contributed by atoms with E-state index in [0.717, 1.165) is 25.8 Å². The first-order chi connectivity index (χ1) is 8.54. The Kier molecular flexibility index (Phi) is 6.12. The van der Waals surface area contributed by atoms with Crippen molar-refractivity contribution in [1.29, 1.82) is 0 Å². The van der Waals surface area contributed by atoms with Gasteiger partial charge in [0.1, 0.15) is 6.04 Å². The van der Waals surface area contributed by atoms with E-state index < -0.39 is 6.04 Å². The highest BCUT2D eigenvalue weighted by Crippen LogP contribution is 2.09. The third-order valence-corrected chi connectivity index (χ3v) is 3.21. The summed E-state index contributed by atoms with van der Waals surface area (Å²) < 4.78 is 0. The van der Waals surface area contributed by atoms with Gasteiger partial charge in [-0.3, -0.25) is 9.59 Å². The molecule has 18 heavy (non-hydrogen) atoms. The van der Waals surface area contributed by atoms with Gasteiger partial charge in [0.15, 0.2) is 0 Å². The van der Waals surface area contributed by atoms with E-state index in [1.54, 1.807) is 7.05 Å². The normalized spacial score (nSPS) is 21.4. The topological polar surface area (TPSA) is 70.2 Å². The van der Waals surface area contributed by atoms with Crippen LogP contribution in [0.25, 0.3) is 0 Å². The maximum Gasteiger partial charge on any atom is 0.242 e. The van der Waals surface area contributed by atoms with Crippen molar-refractivity contribution in [3.8, 4) is 0 Å². The highest BCUT2D eigenvalue weighted by atomic mass is 16.2. The van der Waals surface area contributed by atoms with E-state index in [1.165, 1.54) is 0 Å². The van der Waals surface area contributed by atoms with Crippen molar-refractivity contribution in [3.63, 3.8) is 0 Å². The predicted octanol–water partition coefficient (Wildman–Crippen LogP) is 0.405. The second-order valence-corrected chi connectivity index (χ2v) is 5.31. The van der Waals surface area contributed by atoms with E-state index in [-0.39, 0.29) is 17.9 Å². The van der Waals surface area contributed by atoms with Crippen molar-refractivity contribution >= 4 is 11.8 Å². The van der Waals surface area contributed by atoms with Gasteiger partial charge in [0.05, 0.1) is 6.04 Å². The van der Waals surface area contributed by atoms with Crippen molar-refractivity contribution in [2.24, 2.45) is 5.92 Å². The minimum atomic E-state index is -0.425. The van der Waals surface area contributed by atoms with Crippen molar-refractivity contribution in [3.05, 3.63) is 0 Å². The molecule has 0 saturated carbocycles. The molecule has 104 valence electrons. The SMILES string of the molecule is CNC(=O)C(CC(C)C)NC(=O)[C@@H]1CCCCN1. The molecule has 0 aromatic heterocycles. The Hall–Kier alpha value is -1.10. The average Bonchev–Trinajstić information content (AvgIpc) is 2.37. The molecule has 0 radical (unpaired) electrons. The number of hydrogen-bond donors (Lipinski definition) is 3. The lowest BCUT2D eigenvalue weighted by Gasteiger charge is -2.26. The molecule has 2 atom stereocenters.